The van der Waals surface area contributed by atoms with Crippen molar-refractivity contribution in [1.82, 2.24) is 10.2 Å². The van der Waals surface area contributed by atoms with Crippen LogP contribution in [0.2, 0.25) is 0 Å². The van der Waals surface area contributed by atoms with Gasteiger partial charge >= 0.3 is 0 Å². The zero-order valence-corrected chi connectivity index (χ0v) is 8.51. The topological polar surface area (TPSA) is 49.2 Å². The lowest BCUT2D eigenvalue weighted by molar-refractivity contribution is -0.0305. The van der Waals surface area contributed by atoms with Gasteiger partial charge in [0.1, 0.15) is 5.60 Å². The maximum absolute atomic E-state index is 10.0. The Balaban J connectivity index is 2.02. The SMILES string of the molecule is CC(C)C1(O)CN(c2cccnn2)C1. The Hall–Kier alpha value is -1.16. The smallest absolute Gasteiger partial charge is 0.151 e. The van der Waals surface area contributed by atoms with Crippen LogP contribution in [-0.2, 0) is 0 Å². The lowest BCUT2D eigenvalue weighted by Crippen LogP contribution is -2.65. The maximum Gasteiger partial charge on any atom is 0.151 e. The molecule has 2 heterocycles. The summed E-state index contributed by atoms with van der Waals surface area (Å²) in [5, 5.41) is 17.8. The minimum absolute atomic E-state index is 0.287. The van der Waals surface area contributed by atoms with Gasteiger partial charge in [0.25, 0.3) is 0 Å². The zero-order valence-electron chi connectivity index (χ0n) is 8.51. The molecule has 1 aliphatic heterocycles. The van der Waals surface area contributed by atoms with Gasteiger partial charge in [-0.2, -0.15) is 5.10 Å². The van der Waals surface area contributed by atoms with Crippen LogP contribution >= 0.6 is 0 Å². The van der Waals surface area contributed by atoms with Crippen molar-refractivity contribution in [3.8, 4) is 0 Å². The Morgan fingerprint density at radius 2 is 2.21 bits per heavy atom. The van der Waals surface area contributed by atoms with Gasteiger partial charge in [-0.05, 0) is 18.1 Å². The minimum atomic E-state index is -0.544. The third-order valence-electron chi connectivity index (χ3n) is 2.89. The Morgan fingerprint density at radius 1 is 1.50 bits per heavy atom. The summed E-state index contributed by atoms with van der Waals surface area (Å²) in [7, 11) is 0. The predicted molar refractivity (Wildman–Crippen MR) is 54.0 cm³/mol. The second-order valence-corrected chi connectivity index (χ2v) is 4.20. The first-order valence-corrected chi connectivity index (χ1v) is 4.87. The molecule has 0 atom stereocenters. The summed E-state index contributed by atoms with van der Waals surface area (Å²) in [4.78, 5) is 2.03. The van der Waals surface area contributed by atoms with Crippen molar-refractivity contribution in [2.45, 2.75) is 19.4 Å². The normalized spacial score (nSPS) is 19.6. The number of hydrogen-bond donors (Lipinski definition) is 1. The third kappa shape index (κ3) is 1.46. The van der Waals surface area contributed by atoms with Gasteiger partial charge in [-0.3, -0.25) is 0 Å². The highest BCUT2D eigenvalue weighted by Gasteiger charge is 2.44. The molecule has 4 nitrogen and oxygen atoms in total. The van der Waals surface area contributed by atoms with Gasteiger partial charge in [0.2, 0.25) is 0 Å². The quantitative estimate of drug-likeness (QED) is 0.750. The van der Waals surface area contributed by atoms with Crippen LogP contribution in [0, 0.1) is 5.92 Å². The fraction of sp³-hybridized carbons (Fsp3) is 0.600. The van der Waals surface area contributed by atoms with Crippen LogP contribution in [0.1, 0.15) is 13.8 Å². The first-order chi connectivity index (χ1) is 6.62. The predicted octanol–water partition coefficient (Wildman–Crippen LogP) is 0.684. The van der Waals surface area contributed by atoms with Gasteiger partial charge in [-0.1, -0.05) is 13.8 Å². The molecular weight excluding hydrogens is 178 g/mol. The maximum atomic E-state index is 10.0. The average Bonchev–Trinajstić information content (AvgIpc) is 2.14. The van der Waals surface area contributed by atoms with Crippen LogP contribution in [0.25, 0.3) is 0 Å². The van der Waals surface area contributed by atoms with Crippen molar-refractivity contribution in [2.24, 2.45) is 5.92 Å². The van der Waals surface area contributed by atoms with Crippen LogP contribution in [0.4, 0.5) is 5.82 Å². The van der Waals surface area contributed by atoms with E-state index in [4.69, 9.17) is 0 Å². The van der Waals surface area contributed by atoms with Gasteiger partial charge in [0.15, 0.2) is 5.82 Å². The molecule has 0 aromatic carbocycles. The molecular formula is C10H15N3O. The van der Waals surface area contributed by atoms with Crippen LogP contribution in [0.5, 0.6) is 0 Å². The van der Waals surface area contributed by atoms with E-state index in [1.54, 1.807) is 6.20 Å². The molecule has 1 fully saturated rings. The van der Waals surface area contributed by atoms with Gasteiger partial charge < -0.3 is 10.0 Å². The van der Waals surface area contributed by atoms with Crippen molar-refractivity contribution in [3.63, 3.8) is 0 Å². The van der Waals surface area contributed by atoms with Crippen LogP contribution in [0.3, 0.4) is 0 Å². The monoisotopic (exact) mass is 193 g/mol. The Bertz CT molecular complexity index is 306. The van der Waals surface area contributed by atoms with Gasteiger partial charge in [-0.25, -0.2) is 0 Å². The number of nitrogens with zero attached hydrogens (tertiary/aromatic N) is 3. The summed E-state index contributed by atoms with van der Waals surface area (Å²) in [6.07, 6.45) is 1.65. The summed E-state index contributed by atoms with van der Waals surface area (Å²) < 4.78 is 0. The lowest BCUT2D eigenvalue weighted by atomic mass is 9.83. The largest absolute Gasteiger partial charge is 0.386 e. The second-order valence-electron chi connectivity index (χ2n) is 4.20. The molecule has 0 bridgehead atoms. The van der Waals surface area contributed by atoms with E-state index in [2.05, 4.69) is 10.2 Å². The summed E-state index contributed by atoms with van der Waals surface area (Å²) in [5.74, 6) is 1.13. The highest BCUT2D eigenvalue weighted by atomic mass is 16.3. The van der Waals surface area contributed by atoms with Crippen molar-refractivity contribution >= 4 is 5.82 Å². The summed E-state index contributed by atoms with van der Waals surface area (Å²) in [5.41, 5.74) is -0.544. The molecule has 76 valence electrons. The van der Waals surface area contributed by atoms with E-state index >= 15 is 0 Å². The molecule has 0 unspecified atom stereocenters. The van der Waals surface area contributed by atoms with Crippen LogP contribution < -0.4 is 4.90 Å². The minimum Gasteiger partial charge on any atom is -0.386 e. The molecule has 4 heteroatoms. The molecule has 1 aliphatic rings. The van der Waals surface area contributed by atoms with Crippen molar-refractivity contribution < 1.29 is 5.11 Å². The lowest BCUT2D eigenvalue weighted by Gasteiger charge is -2.49. The van der Waals surface area contributed by atoms with E-state index in [0.29, 0.717) is 13.1 Å². The van der Waals surface area contributed by atoms with Gasteiger partial charge in [0, 0.05) is 6.20 Å². The molecule has 0 saturated carbocycles. The van der Waals surface area contributed by atoms with Gasteiger partial charge in [-0.15, -0.1) is 5.10 Å². The first kappa shape index (κ1) is 9.40. The molecule has 2 rings (SSSR count). The fourth-order valence-electron chi connectivity index (χ4n) is 1.60. The standard InChI is InChI=1S/C10H15N3O/c1-8(2)10(14)6-13(7-10)9-4-3-5-11-12-9/h3-5,8,14H,6-7H2,1-2H3. The summed E-state index contributed by atoms with van der Waals surface area (Å²) >= 11 is 0. The number of aromatic nitrogens is 2. The van der Waals surface area contributed by atoms with E-state index in [1.807, 2.05) is 30.9 Å². The number of anilines is 1. The molecule has 0 amide bonds. The fourth-order valence-corrected chi connectivity index (χ4v) is 1.60. The summed E-state index contributed by atoms with van der Waals surface area (Å²) in [6, 6.07) is 3.77. The highest BCUT2D eigenvalue weighted by molar-refractivity contribution is 5.42. The third-order valence-corrected chi connectivity index (χ3v) is 2.89. The number of rotatable bonds is 2. The van der Waals surface area contributed by atoms with Crippen molar-refractivity contribution in [3.05, 3.63) is 18.3 Å². The van der Waals surface area contributed by atoms with E-state index in [-0.39, 0.29) is 5.92 Å². The summed E-state index contributed by atoms with van der Waals surface area (Å²) in [6.45, 7) is 5.38. The molecule has 0 aliphatic carbocycles. The Kier molecular flexibility index (Phi) is 2.15. The molecule has 0 radical (unpaired) electrons. The second kappa shape index (κ2) is 3.20. The number of hydrogen-bond acceptors (Lipinski definition) is 4. The van der Waals surface area contributed by atoms with E-state index in [0.717, 1.165) is 5.82 Å². The van der Waals surface area contributed by atoms with E-state index in [1.165, 1.54) is 0 Å². The van der Waals surface area contributed by atoms with Crippen molar-refractivity contribution in [2.75, 3.05) is 18.0 Å². The number of aliphatic hydroxyl groups is 1. The molecule has 0 spiro atoms. The van der Waals surface area contributed by atoms with E-state index in [9.17, 15) is 5.11 Å². The molecule has 1 aromatic rings. The Morgan fingerprint density at radius 3 is 2.71 bits per heavy atom. The zero-order chi connectivity index (χ0) is 10.2. The van der Waals surface area contributed by atoms with Crippen LogP contribution in [0.15, 0.2) is 18.3 Å². The van der Waals surface area contributed by atoms with Gasteiger partial charge in [0.05, 0.1) is 13.1 Å². The molecule has 1 saturated heterocycles. The van der Waals surface area contributed by atoms with E-state index < -0.39 is 5.60 Å². The first-order valence-electron chi connectivity index (χ1n) is 4.87. The number of β-amino-alcohol motifs (C(OH)–C–C–N with tert-alkyl or cyclic N) is 1. The molecule has 1 N–H and O–H groups in total. The average molecular weight is 193 g/mol. The molecule has 1 aromatic heterocycles. The highest BCUT2D eigenvalue weighted by Crippen LogP contribution is 2.31. The molecule has 14 heavy (non-hydrogen) atoms. The van der Waals surface area contributed by atoms with Crippen LogP contribution in [-0.4, -0.2) is 34.0 Å². The Labute approximate surface area is 83.6 Å². The van der Waals surface area contributed by atoms with Crippen molar-refractivity contribution in [1.29, 1.82) is 0 Å².